The Hall–Kier alpha value is -0.0900. The molecule has 1 radical (unpaired) electrons. The molecule has 1 aliphatic rings. The van der Waals surface area contributed by atoms with Gasteiger partial charge in [-0.25, -0.2) is 13.5 Å². The van der Waals surface area contributed by atoms with Gasteiger partial charge in [-0.3, -0.25) is 0 Å². The van der Waals surface area contributed by atoms with Gasteiger partial charge in [0.1, 0.15) is 0 Å². The lowest BCUT2D eigenvalue weighted by atomic mass is 10.2. The largest absolute Gasteiger partial charge is 0.233 e. The molecule has 0 saturated carbocycles. The first-order valence-electron chi connectivity index (χ1n) is 2.96. The summed E-state index contributed by atoms with van der Waals surface area (Å²) in [6.45, 7) is 0. The monoisotopic (exact) mass is 149 g/mol. The Morgan fingerprint density at radius 1 is 1.11 bits per heavy atom. The molecule has 0 N–H and O–H groups in total. The summed E-state index contributed by atoms with van der Waals surface area (Å²) >= 11 is 0. The van der Waals surface area contributed by atoms with Crippen molar-refractivity contribution in [2.75, 3.05) is 11.5 Å². The highest BCUT2D eigenvalue weighted by Crippen LogP contribution is 2.11. The summed E-state index contributed by atoms with van der Waals surface area (Å²) in [6, 6.07) is 0. The fraction of sp³-hybridized carbons (Fsp3) is 1.00. The summed E-state index contributed by atoms with van der Waals surface area (Å²) in [7, 11) is -2.82. The predicted molar refractivity (Wildman–Crippen MR) is 32.4 cm³/mol. The number of rotatable bonds is 0. The number of hydrogen-bond donors (Lipinski definition) is 0. The minimum Gasteiger partial charge on any atom is -0.233 e. The van der Waals surface area contributed by atoms with E-state index in [4.69, 9.17) is 0 Å². The van der Waals surface area contributed by atoms with Crippen LogP contribution < -0.4 is 0 Å². The Labute approximate surface area is 54.6 Å². The third kappa shape index (κ3) is 1.95. The molecule has 1 rings (SSSR count). The smallest absolute Gasteiger partial charge is 0.150 e. The Morgan fingerprint density at radius 3 is 1.89 bits per heavy atom. The van der Waals surface area contributed by atoms with Crippen LogP contribution in [0.5, 0.6) is 0 Å². The van der Waals surface area contributed by atoms with Gasteiger partial charge >= 0.3 is 0 Å². The van der Waals surface area contributed by atoms with Crippen molar-refractivity contribution < 1.29 is 13.5 Å². The van der Waals surface area contributed by atoms with Gasteiger partial charge in [0, 0.05) is 0 Å². The van der Waals surface area contributed by atoms with E-state index in [9.17, 15) is 13.5 Å². The fourth-order valence-electron chi connectivity index (χ4n) is 0.868. The van der Waals surface area contributed by atoms with Crippen LogP contribution in [-0.4, -0.2) is 26.0 Å². The molecule has 1 saturated heterocycles. The van der Waals surface area contributed by atoms with Gasteiger partial charge < -0.3 is 0 Å². The maximum absolute atomic E-state index is 10.7. The van der Waals surface area contributed by atoms with Crippen LogP contribution in [0.2, 0.25) is 0 Å². The van der Waals surface area contributed by atoms with Crippen molar-refractivity contribution >= 4 is 9.84 Å². The van der Waals surface area contributed by atoms with E-state index < -0.39 is 15.9 Å². The summed E-state index contributed by atoms with van der Waals surface area (Å²) in [6.07, 6.45) is -0.0153. The molecule has 0 atom stereocenters. The molecule has 3 nitrogen and oxygen atoms in total. The molecular weight excluding hydrogens is 140 g/mol. The summed E-state index contributed by atoms with van der Waals surface area (Å²) in [5, 5.41) is 10.6. The van der Waals surface area contributed by atoms with Crippen LogP contribution in [0.4, 0.5) is 0 Å². The SMILES string of the molecule is [O]C1CCS(=O)(=O)CC1. The molecule has 0 bridgehead atoms. The molecule has 0 unspecified atom stereocenters. The molecule has 0 amide bonds. The molecule has 53 valence electrons. The molecule has 1 fully saturated rings. The van der Waals surface area contributed by atoms with Crippen molar-refractivity contribution in [3.05, 3.63) is 0 Å². The zero-order valence-electron chi connectivity index (χ0n) is 5.04. The molecule has 4 heteroatoms. The second kappa shape index (κ2) is 2.27. The Balaban J connectivity index is 2.55. The van der Waals surface area contributed by atoms with Gasteiger partial charge in [-0.1, -0.05) is 0 Å². The lowest BCUT2D eigenvalue weighted by molar-refractivity contribution is 0.0805. The topological polar surface area (TPSA) is 54.0 Å². The Kier molecular flexibility index (Phi) is 1.77. The maximum atomic E-state index is 10.7. The van der Waals surface area contributed by atoms with Gasteiger partial charge in [-0.2, -0.15) is 0 Å². The van der Waals surface area contributed by atoms with Crippen LogP contribution in [0.1, 0.15) is 12.8 Å². The Morgan fingerprint density at radius 2 is 1.56 bits per heavy atom. The standard InChI is InChI=1S/C5H9O3S/c6-5-1-3-9(7,8)4-2-5/h5H,1-4H2. The van der Waals surface area contributed by atoms with Crippen molar-refractivity contribution in [3.63, 3.8) is 0 Å². The summed E-state index contributed by atoms with van der Waals surface area (Å²) in [5.41, 5.74) is 0. The van der Waals surface area contributed by atoms with Crippen LogP contribution >= 0.6 is 0 Å². The molecule has 1 aliphatic heterocycles. The van der Waals surface area contributed by atoms with Crippen LogP contribution in [0.25, 0.3) is 0 Å². The van der Waals surface area contributed by atoms with E-state index in [0.717, 1.165) is 0 Å². The van der Waals surface area contributed by atoms with E-state index in [2.05, 4.69) is 0 Å². The van der Waals surface area contributed by atoms with Gasteiger partial charge in [-0.05, 0) is 12.8 Å². The zero-order chi connectivity index (χ0) is 6.91. The van der Waals surface area contributed by atoms with E-state index in [1.54, 1.807) is 0 Å². The van der Waals surface area contributed by atoms with Crippen LogP contribution in [-0.2, 0) is 14.9 Å². The predicted octanol–water partition coefficient (Wildman–Crippen LogP) is -0.00590. The lowest BCUT2D eigenvalue weighted by Crippen LogP contribution is -2.25. The van der Waals surface area contributed by atoms with E-state index in [1.807, 2.05) is 0 Å². The molecule has 0 aliphatic carbocycles. The summed E-state index contributed by atoms with van der Waals surface area (Å²) < 4.78 is 21.3. The summed E-state index contributed by atoms with van der Waals surface area (Å²) in [5.74, 6) is 0.197. The minimum absolute atomic E-state index is 0.0984. The normalized spacial score (nSPS) is 28.1. The van der Waals surface area contributed by atoms with E-state index in [1.165, 1.54) is 0 Å². The highest BCUT2D eigenvalue weighted by atomic mass is 32.2. The van der Waals surface area contributed by atoms with E-state index >= 15 is 0 Å². The van der Waals surface area contributed by atoms with E-state index in [0.29, 0.717) is 12.8 Å². The zero-order valence-corrected chi connectivity index (χ0v) is 5.86. The van der Waals surface area contributed by atoms with Gasteiger partial charge in [0.2, 0.25) is 0 Å². The molecule has 0 spiro atoms. The van der Waals surface area contributed by atoms with E-state index in [-0.39, 0.29) is 11.5 Å². The van der Waals surface area contributed by atoms with Gasteiger partial charge in [0.05, 0.1) is 17.6 Å². The highest BCUT2D eigenvalue weighted by Gasteiger charge is 2.22. The molecule has 0 aromatic rings. The van der Waals surface area contributed by atoms with Crippen molar-refractivity contribution in [1.29, 1.82) is 0 Å². The molecule has 9 heavy (non-hydrogen) atoms. The number of sulfone groups is 1. The molecule has 0 aromatic carbocycles. The second-order valence-corrected chi connectivity index (χ2v) is 4.65. The van der Waals surface area contributed by atoms with Crippen molar-refractivity contribution in [1.82, 2.24) is 0 Å². The van der Waals surface area contributed by atoms with Gasteiger partial charge in [0.15, 0.2) is 9.84 Å². The average molecular weight is 149 g/mol. The molecular formula is C5H9O3S. The van der Waals surface area contributed by atoms with Crippen molar-refractivity contribution in [2.45, 2.75) is 18.9 Å². The highest BCUT2D eigenvalue weighted by molar-refractivity contribution is 7.91. The maximum Gasteiger partial charge on any atom is 0.150 e. The average Bonchev–Trinajstić information content (AvgIpc) is 1.78. The third-order valence-electron chi connectivity index (χ3n) is 1.50. The Bertz CT molecular complexity index is 168. The lowest BCUT2D eigenvalue weighted by Gasteiger charge is -2.13. The van der Waals surface area contributed by atoms with Crippen molar-refractivity contribution in [3.8, 4) is 0 Å². The molecule has 0 aromatic heterocycles. The summed E-state index contributed by atoms with van der Waals surface area (Å²) in [4.78, 5) is 0. The van der Waals surface area contributed by atoms with Gasteiger partial charge in [-0.15, -0.1) is 0 Å². The van der Waals surface area contributed by atoms with Crippen LogP contribution in [0, 0.1) is 0 Å². The third-order valence-corrected chi connectivity index (χ3v) is 3.22. The minimum atomic E-state index is -2.82. The quantitative estimate of drug-likeness (QED) is 0.486. The fourth-order valence-corrected chi connectivity index (χ4v) is 2.32. The number of hydrogen-bond acceptors (Lipinski definition) is 2. The van der Waals surface area contributed by atoms with Gasteiger partial charge in [0.25, 0.3) is 0 Å². The first-order chi connectivity index (χ1) is 4.10. The molecule has 1 heterocycles. The first-order valence-corrected chi connectivity index (χ1v) is 4.78. The van der Waals surface area contributed by atoms with Crippen molar-refractivity contribution in [2.24, 2.45) is 0 Å². The second-order valence-electron chi connectivity index (χ2n) is 2.35. The van der Waals surface area contributed by atoms with Crippen LogP contribution in [0.15, 0.2) is 0 Å². The van der Waals surface area contributed by atoms with Crippen LogP contribution in [0.3, 0.4) is 0 Å². The first kappa shape index (κ1) is 7.02.